The number of non-ortho nitro benzene ring substituents is 1. The zero-order chi connectivity index (χ0) is 16.1. The molecule has 0 bridgehead atoms. The highest BCUT2D eigenvalue weighted by molar-refractivity contribution is 5.76. The van der Waals surface area contributed by atoms with Crippen LogP contribution in [-0.2, 0) is 4.79 Å². The molecular formula is C15H22N4O3. The number of hydrogen-bond donors (Lipinski definition) is 1. The van der Waals surface area contributed by atoms with Gasteiger partial charge in [0.2, 0.25) is 5.91 Å². The molecule has 1 aliphatic rings. The number of rotatable bonds is 5. The zero-order valence-corrected chi connectivity index (χ0v) is 12.8. The molecule has 1 fully saturated rings. The van der Waals surface area contributed by atoms with Crippen LogP contribution in [0.4, 0.5) is 11.4 Å². The number of nitro benzene ring substituents is 1. The number of benzene rings is 1. The zero-order valence-electron chi connectivity index (χ0n) is 12.8. The Kier molecular flexibility index (Phi) is 5.32. The van der Waals surface area contributed by atoms with Gasteiger partial charge in [0.25, 0.3) is 5.69 Å². The van der Waals surface area contributed by atoms with Gasteiger partial charge in [-0.15, -0.1) is 0 Å². The third kappa shape index (κ3) is 4.17. The van der Waals surface area contributed by atoms with E-state index >= 15 is 0 Å². The molecule has 0 aromatic heterocycles. The number of nitro groups is 1. The van der Waals surface area contributed by atoms with Crippen LogP contribution < -0.4 is 10.6 Å². The third-order valence-electron chi connectivity index (χ3n) is 3.85. The first-order valence-corrected chi connectivity index (χ1v) is 7.50. The Morgan fingerprint density at radius 2 is 2.05 bits per heavy atom. The number of amides is 1. The van der Waals surface area contributed by atoms with Crippen molar-refractivity contribution in [1.29, 1.82) is 0 Å². The lowest BCUT2D eigenvalue weighted by molar-refractivity contribution is -0.384. The quantitative estimate of drug-likeness (QED) is 0.655. The molecule has 1 aromatic rings. The monoisotopic (exact) mass is 306 g/mol. The van der Waals surface area contributed by atoms with Crippen molar-refractivity contribution in [3.05, 3.63) is 34.4 Å². The molecule has 120 valence electrons. The summed E-state index contributed by atoms with van der Waals surface area (Å²) in [6.45, 7) is 4.55. The second kappa shape index (κ2) is 7.22. The molecule has 2 N–H and O–H groups in total. The van der Waals surface area contributed by atoms with E-state index in [1.165, 1.54) is 6.07 Å². The molecule has 22 heavy (non-hydrogen) atoms. The van der Waals surface area contributed by atoms with Gasteiger partial charge in [0, 0.05) is 56.5 Å². The average molecular weight is 306 g/mol. The van der Waals surface area contributed by atoms with Gasteiger partial charge in [0.1, 0.15) is 0 Å². The van der Waals surface area contributed by atoms with Gasteiger partial charge in [-0.05, 0) is 19.4 Å². The smallest absolute Gasteiger partial charge is 0.271 e. The highest BCUT2D eigenvalue weighted by atomic mass is 16.6. The maximum absolute atomic E-state index is 12.1. The summed E-state index contributed by atoms with van der Waals surface area (Å²) < 4.78 is 0. The predicted octanol–water partition coefficient (Wildman–Crippen LogP) is 1.37. The van der Waals surface area contributed by atoms with E-state index in [1.54, 1.807) is 12.1 Å². The fourth-order valence-corrected chi connectivity index (χ4v) is 2.53. The van der Waals surface area contributed by atoms with Crippen molar-refractivity contribution < 1.29 is 9.72 Å². The molecule has 1 amide bonds. The standard InChI is InChI=1S/C15H22N4O3/c1-12(16)5-6-15(20)18-9-7-17(8-10-18)13-3-2-4-14(11-13)19(21)22/h2-4,11-12H,5-10,16H2,1H3. The van der Waals surface area contributed by atoms with E-state index in [1.807, 2.05) is 17.9 Å². The average Bonchev–Trinajstić information content (AvgIpc) is 2.53. The number of carbonyl (C=O) groups is 1. The summed E-state index contributed by atoms with van der Waals surface area (Å²) in [7, 11) is 0. The number of hydrogen-bond acceptors (Lipinski definition) is 5. The molecule has 1 unspecified atom stereocenters. The topological polar surface area (TPSA) is 92.7 Å². The van der Waals surface area contributed by atoms with E-state index in [9.17, 15) is 14.9 Å². The Morgan fingerprint density at radius 1 is 1.36 bits per heavy atom. The van der Waals surface area contributed by atoms with Crippen LogP contribution in [0.25, 0.3) is 0 Å². The van der Waals surface area contributed by atoms with Gasteiger partial charge >= 0.3 is 0 Å². The molecule has 1 atom stereocenters. The van der Waals surface area contributed by atoms with E-state index < -0.39 is 4.92 Å². The first-order chi connectivity index (χ1) is 10.5. The second-order valence-electron chi connectivity index (χ2n) is 5.66. The Bertz CT molecular complexity index is 539. The first kappa shape index (κ1) is 16.2. The van der Waals surface area contributed by atoms with E-state index in [2.05, 4.69) is 4.90 Å². The molecule has 0 spiro atoms. The summed E-state index contributed by atoms with van der Waals surface area (Å²) in [4.78, 5) is 26.4. The van der Waals surface area contributed by atoms with Crippen LogP contribution in [0.5, 0.6) is 0 Å². The highest BCUT2D eigenvalue weighted by Gasteiger charge is 2.22. The van der Waals surface area contributed by atoms with E-state index in [0.29, 0.717) is 39.0 Å². The molecule has 1 heterocycles. The van der Waals surface area contributed by atoms with E-state index in [0.717, 1.165) is 5.69 Å². The fourth-order valence-electron chi connectivity index (χ4n) is 2.53. The Labute approximate surface area is 129 Å². The van der Waals surface area contributed by atoms with Crippen LogP contribution in [0.1, 0.15) is 19.8 Å². The van der Waals surface area contributed by atoms with Gasteiger partial charge in [-0.25, -0.2) is 0 Å². The van der Waals surface area contributed by atoms with Crippen LogP contribution in [0, 0.1) is 10.1 Å². The van der Waals surface area contributed by atoms with Crippen LogP contribution >= 0.6 is 0 Å². The summed E-state index contributed by atoms with van der Waals surface area (Å²) in [5.74, 6) is 0.135. The van der Waals surface area contributed by atoms with Gasteiger partial charge in [0.05, 0.1) is 4.92 Å². The summed E-state index contributed by atoms with van der Waals surface area (Å²) in [6.07, 6.45) is 1.18. The van der Waals surface area contributed by atoms with Crippen LogP contribution in [0.2, 0.25) is 0 Å². The summed E-state index contributed by atoms with van der Waals surface area (Å²) in [6, 6.07) is 6.65. The largest absolute Gasteiger partial charge is 0.368 e. The van der Waals surface area contributed by atoms with Gasteiger partial charge in [0.15, 0.2) is 0 Å². The lowest BCUT2D eigenvalue weighted by atomic mass is 10.1. The van der Waals surface area contributed by atoms with E-state index in [4.69, 9.17) is 5.73 Å². The summed E-state index contributed by atoms with van der Waals surface area (Å²) >= 11 is 0. The number of piperazine rings is 1. The molecule has 1 aliphatic heterocycles. The molecule has 1 saturated heterocycles. The van der Waals surface area contributed by atoms with Crippen molar-refractivity contribution in [2.24, 2.45) is 5.73 Å². The Balaban J connectivity index is 1.90. The number of carbonyl (C=O) groups excluding carboxylic acids is 1. The summed E-state index contributed by atoms with van der Waals surface area (Å²) in [5.41, 5.74) is 6.59. The molecular weight excluding hydrogens is 284 g/mol. The van der Waals surface area contributed by atoms with Crippen molar-refractivity contribution in [3.63, 3.8) is 0 Å². The van der Waals surface area contributed by atoms with Crippen LogP contribution in [0.3, 0.4) is 0 Å². The Morgan fingerprint density at radius 3 is 2.64 bits per heavy atom. The van der Waals surface area contributed by atoms with Crippen LogP contribution in [0.15, 0.2) is 24.3 Å². The van der Waals surface area contributed by atoms with Gasteiger partial charge < -0.3 is 15.5 Å². The fraction of sp³-hybridized carbons (Fsp3) is 0.533. The molecule has 1 aromatic carbocycles. The van der Waals surface area contributed by atoms with E-state index in [-0.39, 0.29) is 17.6 Å². The minimum absolute atomic E-state index is 0.0371. The van der Waals surface area contributed by atoms with Gasteiger partial charge in [-0.3, -0.25) is 14.9 Å². The number of nitrogens with zero attached hydrogens (tertiary/aromatic N) is 3. The maximum atomic E-state index is 12.1. The Hall–Kier alpha value is -2.15. The first-order valence-electron chi connectivity index (χ1n) is 7.50. The van der Waals surface area contributed by atoms with Gasteiger partial charge in [-0.1, -0.05) is 6.07 Å². The number of nitrogens with two attached hydrogens (primary N) is 1. The lowest BCUT2D eigenvalue weighted by Gasteiger charge is -2.36. The second-order valence-corrected chi connectivity index (χ2v) is 5.66. The normalized spacial score (nSPS) is 16.5. The third-order valence-corrected chi connectivity index (χ3v) is 3.85. The number of anilines is 1. The molecule has 0 aliphatic carbocycles. The molecule has 0 saturated carbocycles. The molecule has 2 rings (SSSR count). The SMILES string of the molecule is CC(N)CCC(=O)N1CCN(c2cccc([N+](=O)[O-])c2)CC1. The van der Waals surface area contributed by atoms with Crippen molar-refractivity contribution >= 4 is 17.3 Å². The van der Waals surface area contributed by atoms with Crippen molar-refractivity contribution in [2.45, 2.75) is 25.8 Å². The minimum Gasteiger partial charge on any atom is -0.368 e. The van der Waals surface area contributed by atoms with Crippen molar-refractivity contribution in [3.8, 4) is 0 Å². The highest BCUT2D eigenvalue weighted by Crippen LogP contribution is 2.22. The summed E-state index contributed by atoms with van der Waals surface area (Å²) in [5, 5.41) is 10.8. The lowest BCUT2D eigenvalue weighted by Crippen LogP contribution is -2.49. The van der Waals surface area contributed by atoms with Gasteiger partial charge in [-0.2, -0.15) is 0 Å². The molecule has 7 nitrogen and oxygen atoms in total. The minimum atomic E-state index is -0.392. The predicted molar refractivity (Wildman–Crippen MR) is 84.8 cm³/mol. The molecule has 0 radical (unpaired) electrons. The van der Waals surface area contributed by atoms with Crippen molar-refractivity contribution in [1.82, 2.24) is 4.90 Å². The maximum Gasteiger partial charge on any atom is 0.271 e. The van der Waals surface area contributed by atoms with Crippen molar-refractivity contribution in [2.75, 3.05) is 31.1 Å². The molecule has 7 heteroatoms. The van der Waals surface area contributed by atoms with Crippen LogP contribution in [-0.4, -0.2) is 48.0 Å².